The Bertz CT molecular complexity index is 568. The lowest BCUT2D eigenvalue weighted by atomic mass is 10.0. The summed E-state index contributed by atoms with van der Waals surface area (Å²) in [7, 11) is 0. The number of rotatable bonds is 4. The van der Waals surface area contributed by atoms with Crippen LogP contribution >= 0.6 is 0 Å². The van der Waals surface area contributed by atoms with E-state index >= 15 is 0 Å². The maximum absolute atomic E-state index is 11.6. The first-order chi connectivity index (χ1) is 10.8. The zero-order chi connectivity index (χ0) is 17.0. The summed E-state index contributed by atoms with van der Waals surface area (Å²) in [6, 6.07) is 3.50. The molecule has 128 valence electrons. The molecule has 0 saturated carbocycles. The molecule has 1 aromatic carbocycles. The van der Waals surface area contributed by atoms with Crippen LogP contribution in [-0.4, -0.2) is 30.0 Å². The quantitative estimate of drug-likeness (QED) is 0.580. The molecule has 0 fully saturated rings. The molecule has 7 nitrogen and oxygen atoms in total. The number of carbonyl (C=O) groups excluding carboxylic acids is 1. The van der Waals surface area contributed by atoms with Gasteiger partial charge < -0.3 is 19.3 Å². The summed E-state index contributed by atoms with van der Waals surface area (Å²) in [5.41, 5.74) is 5.72. The second-order valence-electron chi connectivity index (χ2n) is 6.18. The number of benzene rings is 1. The molecule has 1 aliphatic rings. The molecule has 1 aliphatic heterocycles. The van der Waals surface area contributed by atoms with Gasteiger partial charge in [-0.25, -0.2) is 4.79 Å². The Morgan fingerprint density at radius 2 is 2.04 bits per heavy atom. The van der Waals surface area contributed by atoms with Crippen LogP contribution in [-0.2, 0) is 11.2 Å². The van der Waals surface area contributed by atoms with E-state index in [2.05, 4.69) is 10.9 Å². The van der Waals surface area contributed by atoms with Crippen LogP contribution in [0.5, 0.6) is 11.5 Å². The number of fused-ring (bicyclic) bond motifs is 1. The van der Waals surface area contributed by atoms with Crippen molar-refractivity contribution in [2.45, 2.75) is 45.9 Å². The average molecular weight is 324 g/mol. The zero-order valence-corrected chi connectivity index (χ0v) is 13.9. The van der Waals surface area contributed by atoms with E-state index in [9.17, 15) is 9.90 Å². The summed E-state index contributed by atoms with van der Waals surface area (Å²) < 4.78 is 16.3. The highest BCUT2D eigenvalue weighted by atomic mass is 16.6. The van der Waals surface area contributed by atoms with Crippen molar-refractivity contribution in [1.82, 2.24) is 10.9 Å². The lowest BCUT2D eigenvalue weighted by molar-refractivity contribution is 0.0395. The molecule has 0 spiro atoms. The van der Waals surface area contributed by atoms with Gasteiger partial charge in [0.15, 0.2) is 11.5 Å². The third kappa shape index (κ3) is 4.49. The van der Waals surface area contributed by atoms with Crippen LogP contribution in [0.4, 0.5) is 4.79 Å². The number of aliphatic hydroxyl groups is 1. The number of carbonyl (C=O) groups is 1. The molecule has 1 aromatic rings. The Morgan fingerprint density at radius 1 is 1.35 bits per heavy atom. The van der Waals surface area contributed by atoms with Crippen molar-refractivity contribution < 1.29 is 24.1 Å². The zero-order valence-electron chi connectivity index (χ0n) is 13.9. The van der Waals surface area contributed by atoms with Crippen molar-refractivity contribution in [3.05, 3.63) is 23.3 Å². The molecular formula is C16H24N2O5. The van der Waals surface area contributed by atoms with Crippen molar-refractivity contribution in [2.75, 3.05) is 13.2 Å². The molecule has 1 heterocycles. The van der Waals surface area contributed by atoms with Gasteiger partial charge in [-0.3, -0.25) is 5.43 Å². The van der Waals surface area contributed by atoms with E-state index in [-0.39, 0.29) is 0 Å². The maximum Gasteiger partial charge on any atom is 0.422 e. The van der Waals surface area contributed by atoms with Gasteiger partial charge in [0.05, 0.1) is 0 Å². The van der Waals surface area contributed by atoms with Crippen LogP contribution in [0.3, 0.4) is 0 Å². The fourth-order valence-electron chi connectivity index (χ4n) is 2.32. The topological polar surface area (TPSA) is 89.1 Å². The monoisotopic (exact) mass is 324 g/mol. The SMILES string of the molecule is CCc1c(C(O)NNC(=O)OC(C)(C)C)ccc2c1OCCO2. The summed E-state index contributed by atoms with van der Waals surface area (Å²) in [5.74, 6) is 1.32. The maximum atomic E-state index is 11.6. The van der Waals surface area contributed by atoms with Crippen LogP contribution in [0.15, 0.2) is 12.1 Å². The van der Waals surface area contributed by atoms with Crippen LogP contribution < -0.4 is 20.3 Å². The number of hydrogen-bond donors (Lipinski definition) is 3. The van der Waals surface area contributed by atoms with Crippen LogP contribution in [0, 0.1) is 0 Å². The van der Waals surface area contributed by atoms with Crippen molar-refractivity contribution >= 4 is 6.09 Å². The predicted molar refractivity (Wildman–Crippen MR) is 84.3 cm³/mol. The highest BCUT2D eigenvalue weighted by molar-refractivity contribution is 5.67. The summed E-state index contributed by atoms with van der Waals surface area (Å²) in [6.45, 7) is 8.24. The molecule has 7 heteroatoms. The molecule has 0 radical (unpaired) electrons. The van der Waals surface area contributed by atoms with Crippen LogP contribution in [0.25, 0.3) is 0 Å². The van der Waals surface area contributed by atoms with E-state index in [1.54, 1.807) is 32.9 Å². The fraction of sp³-hybridized carbons (Fsp3) is 0.562. The van der Waals surface area contributed by atoms with Crippen molar-refractivity contribution in [3.63, 3.8) is 0 Å². The van der Waals surface area contributed by atoms with E-state index in [4.69, 9.17) is 14.2 Å². The minimum atomic E-state index is -1.09. The fourth-order valence-corrected chi connectivity index (χ4v) is 2.32. The number of hydrazine groups is 1. The second-order valence-corrected chi connectivity index (χ2v) is 6.18. The molecule has 1 amide bonds. The number of ether oxygens (including phenoxy) is 3. The molecule has 0 bridgehead atoms. The van der Waals surface area contributed by atoms with E-state index in [1.165, 1.54) is 0 Å². The van der Waals surface area contributed by atoms with Crippen molar-refractivity contribution in [2.24, 2.45) is 0 Å². The summed E-state index contributed by atoms with van der Waals surface area (Å²) in [4.78, 5) is 11.6. The third-order valence-corrected chi connectivity index (χ3v) is 3.21. The van der Waals surface area contributed by atoms with Gasteiger partial charge >= 0.3 is 6.09 Å². The van der Waals surface area contributed by atoms with Gasteiger partial charge in [-0.15, -0.1) is 0 Å². The Hall–Kier alpha value is -1.99. The summed E-state index contributed by atoms with van der Waals surface area (Å²) in [5, 5.41) is 10.3. The van der Waals surface area contributed by atoms with Gasteiger partial charge in [-0.05, 0) is 33.3 Å². The number of aliphatic hydroxyl groups excluding tert-OH is 1. The highest BCUT2D eigenvalue weighted by Gasteiger charge is 2.22. The molecule has 23 heavy (non-hydrogen) atoms. The van der Waals surface area contributed by atoms with Gasteiger partial charge in [0.2, 0.25) is 0 Å². The molecule has 1 unspecified atom stereocenters. The molecule has 1 atom stereocenters. The van der Waals surface area contributed by atoms with Crippen molar-refractivity contribution in [1.29, 1.82) is 0 Å². The first kappa shape index (κ1) is 17.4. The van der Waals surface area contributed by atoms with Crippen LogP contribution in [0.1, 0.15) is 45.0 Å². The Labute approximate surface area is 135 Å². The third-order valence-electron chi connectivity index (χ3n) is 3.21. The number of amides is 1. The second kappa shape index (κ2) is 7.06. The molecule has 3 N–H and O–H groups in total. The van der Waals surface area contributed by atoms with Crippen LogP contribution in [0.2, 0.25) is 0 Å². The normalized spacial score (nSPS) is 15.0. The van der Waals surface area contributed by atoms with E-state index in [0.717, 1.165) is 5.56 Å². The number of nitrogens with one attached hydrogen (secondary N) is 2. The molecular weight excluding hydrogens is 300 g/mol. The van der Waals surface area contributed by atoms with Crippen molar-refractivity contribution in [3.8, 4) is 11.5 Å². The van der Waals surface area contributed by atoms with Gasteiger partial charge in [-0.1, -0.05) is 13.0 Å². The largest absolute Gasteiger partial charge is 0.486 e. The first-order valence-corrected chi connectivity index (χ1v) is 7.65. The highest BCUT2D eigenvalue weighted by Crippen LogP contribution is 2.37. The Morgan fingerprint density at radius 3 is 2.70 bits per heavy atom. The minimum absolute atomic E-state index is 0.475. The molecule has 2 rings (SSSR count). The molecule has 0 aliphatic carbocycles. The van der Waals surface area contributed by atoms with Gasteiger partial charge in [0, 0.05) is 11.1 Å². The summed E-state index contributed by atoms with van der Waals surface area (Å²) in [6.07, 6.45) is -1.09. The minimum Gasteiger partial charge on any atom is -0.486 e. The molecule has 0 saturated heterocycles. The smallest absolute Gasteiger partial charge is 0.422 e. The Kier molecular flexibility index (Phi) is 5.33. The lowest BCUT2D eigenvalue weighted by Crippen LogP contribution is -2.43. The van der Waals surface area contributed by atoms with E-state index in [1.807, 2.05) is 6.92 Å². The van der Waals surface area contributed by atoms with Gasteiger partial charge in [0.1, 0.15) is 25.0 Å². The lowest BCUT2D eigenvalue weighted by Gasteiger charge is -2.25. The predicted octanol–water partition coefficient (Wildman–Crippen LogP) is 2.04. The average Bonchev–Trinajstić information content (AvgIpc) is 2.49. The molecule has 0 aromatic heterocycles. The van der Waals surface area contributed by atoms with E-state index < -0.39 is 17.9 Å². The van der Waals surface area contributed by atoms with Gasteiger partial charge in [0.25, 0.3) is 0 Å². The standard InChI is InChI=1S/C16H24N2O5/c1-5-10-11(6-7-12-13(10)22-9-8-21-12)14(19)17-18-15(20)23-16(2,3)4/h6-7,14,17,19H,5,8-9H2,1-4H3,(H,18,20). The number of hydrogen-bond acceptors (Lipinski definition) is 6. The van der Waals surface area contributed by atoms with Gasteiger partial charge in [-0.2, -0.15) is 5.43 Å². The van der Waals surface area contributed by atoms with E-state index in [0.29, 0.717) is 36.7 Å². The first-order valence-electron chi connectivity index (χ1n) is 7.65. The summed E-state index contributed by atoms with van der Waals surface area (Å²) >= 11 is 0. The Balaban J connectivity index is 2.07.